The van der Waals surface area contributed by atoms with Gasteiger partial charge in [-0.1, -0.05) is 24.3 Å². The van der Waals surface area contributed by atoms with Crippen molar-refractivity contribution >= 4 is 22.9 Å². The Labute approximate surface area is 150 Å². The first-order chi connectivity index (χ1) is 12.5. The average Bonchev–Trinajstić information content (AvgIpc) is 2.93. The largest absolute Gasteiger partial charge is 0.480 e. The summed E-state index contributed by atoms with van der Waals surface area (Å²) in [7, 11) is 1.92. The van der Waals surface area contributed by atoms with Crippen molar-refractivity contribution in [3.8, 4) is 0 Å². The molecular formula is C20H19N3O3. The van der Waals surface area contributed by atoms with Crippen LogP contribution >= 0.6 is 0 Å². The minimum atomic E-state index is -0.984. The molecule has 3 aromatic rings. The molecule has 0 bridgehead atoms. The number of aryl methyl sites for hydroxylation is 2. The molecular weight excluding hydrogens is 330 g/mol. The molecule has 6 heteroatoms. The highest BCUT2D eigenvalue weighted by molar-refractivity contribution is 5.99. The smallest absolute Gasteiger partial charge is 0.326 e. The molecule has 0 spiro atoms. The van der Waals surface area contributed by atoms with Gasteiger partial charge < -0.3 is 14.6 Å². The van der Waals surface area contributed by atoms with Crippen LogP contribution in [0.25, 0.3) is 11.0 Å². The van der Waals surface area contributed by atoms with Gasteiger partial charge in [0.05, 0.1) is 11.0 Å². The summed E-state index contributed by atoms with van der Waals surface area (Å²) in [5.74, 6) is -0.403. The van der Waals surface area contributed by atoms with Gasteiger partial charge >= 0.3 is 5.97 Å². The van der Waals surface area contributed by atoms with Crippen LogP contribution in [-0.2, 0) is 24.8 Å². The van der Waals surface area contributed by atoms with Gasteiger partial charge in [0, 0.05) is 25.6 Å². The normalized spacial score (nSPS) is 16.5. The molecule has 6 nitrogen and oxygen atoms in total. The number of rotatable bonds is 2. The third kappa shape index (κ3) is 2.54. The Morgan fingerprint density at radius 2 is 1.88 bits per heavy atom. The van der Waals surface area contributed by atoms with Crippen molar-refractivity contribution in [3.63, 3.8) is 0 Å². The number of nitrogens with zero attached hydrogens (tertiary/aromatic N) is 3. The maximum absolute atomic E-state index is 13.1. The molecule has 1 atom stereocenters. The molecule has 1 amide bonds. The lowest BCUT2D eigenvalue weighted by molar-refractivity contribution is -0.142. The SMILES string of the molecule is Cc1nc2cc(C(=O)N3Cc4ccccc4CC3C(=O)O)ccc2n1C. The molecule has 0 fully saturated rings. The predicted octanol–water partition coefficient (Wildman–Crippen LogP) is 2.53. The molecule has 1 aliphatic rings. The Kier molecular flexibility index (Phi) is 3.76. The topological polar surface area (TPSA) is 75.4 Å². The van der Waals surface area contributed by atoms with Crippen LogP contribution in [0.2, 0.25) is 0 Å². The van der Waals surface area contributed by atoms with Crippen molar-refractivity contribution in [2.45, 2.75) is 25.9 Å². The lowest BCUT2D eigenvalue weighted by atomic mass is 9.93. The van der Waals surface area contributed by atoms with Crippen LogP contribution in [0.15, 0.2) is 42.5 Å². The highest BCUT2D eigenvalue weighted by Gasteiger charge is 2.35. The quantitative estimate of drug-likeness (QED) is 0.771. The van der Waals surface area contributed by atoms with Crippen molar-refractivity contribution < 1.29 is 14.7 Å². The number of hydrogen-bond acceptors (Lipinski definition) is 3. The minimum Gasteiger partial charge on any atom is -0.480 e. The monoisotopic (exact) mass is 349 g/mol. The van der Waals surface area contributed by atoms with Crippen LogP contribution in [0.3, 0.4) is 0 Å². The Hall–Kier alpha value is -3.15. The molecule has 0 aliphatic carbocycles. The lowest BCUT2D eigenvalue weighted by Crippen LogP contribution is -2.48. The highest BCUT2D eigenvalue weighted by Crippen LogP contribution is 2.26. The molecule has 2 aromatic carbocycles. The summed E-state index contributed by atoms with van der Waals surface area (Å²) in [5.41, 5.74) is 4.12. The van der Waals surface area contributed by atoms with Crippen molar-refractivity contribution in [1.29, 1.82) is 0 Å². The second kappa shape index (κ2) is 5.98. The van der Waals surface area contributed by atoms with Crippen LogP contribution < -0.4 is 0 Å². The van der Waals surface area contributed by atoms with Crippen LogP contribution in [0, 0.1) is 6.92 Å². The molecule has 1 aliphatic heterocycles. The fourth-order valence-corrected chi connectivity index (χ4v) is 3.58. The maximum Gasteiger partial charge on any atom is 0.326 e. The Morgan fingerprint density at radius 3 is 2.62 bits per heavy atom. The van der Waals surface area contributed by atoms with E-state index in [1.165, 1.54) is 4.90 Å². The molecule has 0 saturated carbocycles. The van der Waals surface area contributed by atoms with E-state index in [1.54, 1.807) is 12.1 Å². The third-order valence-corrected chi connectivity index (χ3v) is 5.15. The average molecular weight is 349 g/mol. The second-order valence-electron chi connectivity index (χ2n) is 6.68. The molecule has 2 heterocycles. The summed E-state index contributed by atoms with van der Waals surface area (Å²) in [6, 6.07) is 12.1. The standard InChI is InChI=1S/C20H19N3O3/c1-12-21-16-9-14(7-8-17(16)22(12)2)19(24)23-11-15-6-4-3-5-13(15)10-18(23)20(25)26/h3-9,18H,10-11H2,1-2H3,(H,25,26). The molecule has 4 rings (SSSR count). The van der Waals surface area contributed by atoms with Crippen molar-refractivity contribution in [2.24, 2.45) is 7.05 Å². The summed E-state index contributed by atoms with van der Waals surface area (Å²) in [5, 5.41) is 9.63. The van der Waals surface area contributed by atoms with E-state index in [-0.39, 0.29) is 5.91 Å². The van der Waals surface area contributed by atoms with Gasteiger partial charge in [-0.3, -0.25) is 4.79 Å². The first kappa shape index (κ1) is 16.3. The van der Waals surface area contributed by atoms with E-state index in [1.807, 2.05) is 48.9 Å². The summed E-state index contributed by atoms with van der Waals surface area (Å²) in [6.45, 7) is 2.20. The van der Waals surface area contributed by atoms with Crippen LogP contribution in [0.5, 0.6) is 0 Å². The van der Waals surface area contributed by atoms with Gasteiger partial charge in [-0.15, -0.1) is 0 Å². The summed E-state index contributed by atoms with van der Waals surface area (Å²) in [4.78, 5) is 30.8. The van der Waals surface area contributed by atoms with Gasteiger partial charge in [-0.2, -0.15) is 0 Å². The molecule has 0 saturated heterocycles. The van der Waals surface area contributed by atoms with E-state index in [9.17, 15) is 14.7 Å². The number of amides is 1. The number of hydrogen-bond donors (Lipinski definition) is 1. The van der Waals surface area contributed by atoms with Crippen molar-refractivity contribution in [2.75, 3.05) is 0 Å². The summed E-state index contributed by atoms with van der Waals surface area (Å²) >= 11 is 0. The van der Waals surface area contributed by atoms with Gasteiger partial charge in [0.1, 0.15) is 11.9 Å². The zero-order chi connectivity index (χ0) is 18.4. The van der Waals surface area contributed by atoms with Crippen molar-refractivity contribution in [1.82, 2.24) is 14.5 Å². The van der Waals surface area contributed by atoms with E-state index in [0.29, 0.717) is 18.5 Å². The molecule has 0 radical (unpaired) electrons. The number of benzene rings is 2. The fourth-order valence-electron chi connectivity index (χ4n) is 3.58. The summed E-state index contributed by atoms with van der Waals surface area (Å²) < 4.78 is 1.96. The number of carboxylic acids is 1. The molecule has 132 valence electrons. The van der Waals surface area contributed by atoms with Gasteiger partial charge in [0.25, 0.3) is 5.91 Å². The number of imidazole rings is 1. The van der Waals surface area contributed by atoms with Crippen molar-refractivity contribution in [3.05, 3.63) is 65.0 Å². The predicted molar refractivity (Wildman–Crippen MR) is 96.9 cm³/mol. The number of aromatic nitrogens is 2. The lowest BCUT2D eigenvalue weighted by Gasteiger charge is -2.34. The fraction of sp³-hybridized carbons (Fsp3) is 0.250. The van der Waals surface area contributed by atoms with Crippen LogP contribution in [0.4, 0.5) is 0 Å². The first-order valence-electron chi connectivity index (χ1n) is 8.49. The van der Waals surface area contributed by atoms with E-state index in [0.717, 1.165) is 28.0 Å². The number of carboxylic acid groups (broad SMARTS) is 1. The first-order valence-corrected chi connectivity index (χ1v) is 8.49. The van der Waals surface area contributed by atoms with E-state index < -0.39 is 12.0 Å². The van der Waals surface area contributed by atoms with Gasteiger partial charge in [-0.25, -0.2) is 9.78 Å². The number of carbonyl (C=O) groups excluding carboxylic acids is 1. The third-order valence-electron chi connectivity index (χ3n) is 5.15. The number of fused-ring (bicyclic) bond motifs is 2. The molecule has 26 heavy (non-hydrogen) atoms. The Bertz CT molecular complexity index is 1040. The number of aliphatic carboxylic acids is 1. The molecule has 1 N–H and O–H groups in total. The van der Waals surface area contributed by atoms with Gasteiger partial charge in [0.2, 0.25) is 0 Å². The van der Waals surface area contributed by atoms with E-state index >= 15 is 0 Å². The Balaban J connectivity index is 1.73. The minimum absolute atomic E-state index is 0.280. The molecule has 1 aromatic heterocycles. The van der Waals surface area contributed by atoms with Gasteiger partial charge in [0.15, 0.2) is 0 Å². The molecule has 1 unspecified atom stereocenters. The van der Waals surface area contributed by atoms with Gasteiger partial charge in [-0.05, 0) is 36.2 Å². The zero-order valence-corrected chi connectivity index (χ0v) is 14.6. The zero-order valence-electron chi connectivity index (χ0n) is 14.6. The summed E-state index contributed by atoms with van der Waals surface area (Å²) in [6.07, 6.45) is 0.322. The highest BCUT2D eigenvalue weighted by atomic mass is 16.4. The Morgan fingerprint density at radius 1 is 1.15 bits per heavy atom. The van der Waals surface area contributed by atoms with Crippen LogP contribution in [-0.4, -0.2) is 37.5 Å². The van der Waals surface area contributed by atoms with E-state index in [2.05, 4.69) is 4.98 Å². The maximum atomic E-state index is 13.1. The van der Waals surface area contributed by atoms with E-state index in [4.69, 9.17) is 0 Å². The number of carbonyl (C=O) groups is 2. The second-order valence-corrected chi connectivity index (χ2v) is 6.68. The van der Waals surface area contributed by atoms with Crippen LogP contribution in [0.1, 0.15) is 27.3 Å².